The molecule has 3 heterocycles. The summed E-state index contributed by atoms with van der Waals surface area (Å²) < 4.78 is 11.0. The van der Waals surface area contributed by atoms with Crippen LogP contribution in [0.3, 0.4) is 0 Å². The van der Waals surface area contributed by atoms with Crippen LogP contribution in [-0.2, 0) is 0 Å². The number of hydrogen-bond acceptors (Lipinski definition) is 7. The van der Waals surface area contributed by atoms with Gasteiger partial charge in [0, 0.05) is 12.1 Å². The van der Waals surface area contributed by atoms with Gasteiger partial charge in [0.15, 0.2) is 11.5 Å². The van der Waals surface area contributed by atoms with E-state index in [0.717, 1.165) is 30.6 Å². The molecule has 27 heavy (non-hydrogen) atoms. The normalized spacial score (nSPS) is 19.6. The highest BCUT2D eigenvalue weighted by atomic mass is 35.5. The maximum absolute atomic E-state index is 12.4. The van der Waals surface area contributed by atoms with E-state index in [9.17, 15) is 4.79 Å². The van der Waals surface area contributed by atoms with Gasteiger partial charge in [-0.3, -0.25) is 4.79 Å². The Hall–Kier alpha value is -2.45. The van der Waals surface area contributed by atoms with Crippen LogP contribution in [0.25, 0.3) is 10.6 Å². The first kappa shape index (κ1) is 17.9. The standard InChI is InChI=1S/C18H17ClN4O3S/c19-11-9-20-18(21-10-11)25-13-5-3-12(4-6-13)22-17(24)14-8-15(26-23-14)16-2-1-7-27-16/h1-2,7-10,12-13H,3-6H2,(H,22,24). The Balaban J connectivity index is 1.27. The van der Waals surface area contributed by atoms with E-state index in [0.29, 0.717) is 22.5 Å². The number of thiophene rings is 1. The van der Waals surface area contributed by atoms with Crippen LogP contribution in [0.4, 0.5) is 0 Å². The Morgan fingerprint density at radius 1 is 1.26 bits per heavy atom. The van der Waals surface area contributed by atoms with E-state index in [-0.39, 0.29) is 18.1 Å². The second-order valence-corrected chi connectivity index (χ2v) is 7.69. The average molecular weight is 405 g/mol. The van der Waals surface area contributed by atoms with Crippen molar-refractivity contribution in [2.75, 3.05) is 0 Å². The van der Waals surface area contributed by atoms with E-state index in [1.807, 2.05) is 17.5 Å². The molecule has 1 aliphatic carbocycles. The molecule has 1 N–H and O–H groups in total. The van der Waals surface area contributed by atoms with E-state index in [1.165, 1.54) is 12.4 Å². The van der Waals surface area contributed by atoms with Crippen LogP contribution in [-0.4, -0.2) is 33.2 Å². The van der Waals surface area contributed by atoms with Gasteiger partial charge in [0.1, 0.15) is 6.10 Å². The lowest BCUT2D eigenvalue weighted by Gasteiger charge is -2.28. The molecule has 0 atom stereocenters. The van der Waals surface area contributed by atoms with Crippen LogP contribution in [0.1, 0.15) is 36.2 Å². The van der Waals surface area contributed by atoms with Crippen LogP contribution in [0.15, 0.2) is 40.5 Å². The fraction of sp³-hybridized carbons (Fsp3) is 0.333. The van der Waals surface area contributed by atoms with Gasteiger partial charge in [-0.2, -0.15) is 0 Å². The fourth-order valence-corrected chi connectivity index (χ4v) is 3.78. The third kappa shape index (κ3) is 4.45. The van der Waals surface area contributed by atoms with Gasteiger partial charge in [-0.1, -0.05) is 22.8 Å². The quantitative estimate of drug-likeness (QED) is 0.692. The number of hydrogen-bond donors (Lipinski definition) is 1. The highest BCUT2D eigenvalue weighted by molar-refractivity contribution is 7.13. The average Bonchev–Trinajstić information content (AvgIpc) is 3.36. The zero-order chi connectivity index (χ0) is 18.6. The predicted octanol–water partition coefficient (Wildman–Crippen LogP) is 3.97. The van der Waals surface area contributed by atoms with Crippen molar-refractivity contribution in [2.45, 2.75) is 37.8 Å². The molecule has 1 saturated carbocycles. The van der Waals surface area contributed by atoms with E-state index in [2.05, 4.69) is 20.4 Å². The lowest BCUT2D eigenvalue weighted by atomic mass is 9.93. The molecule has 0 spiro atoms. The number of carbonyl (C=O) groups is 1. The largest absolute Gasteiger partial charge is 0.460 e. The molecule has 3 aromatic rings. The summed E-state index contributed by atoms with van der Waals surface area (Å²) in [7, 11) is 0. The summed E-state index contributed by atoms with van der Waals surface area (Å²) >= 11 is 7.31. The molecule has 140 valence electrons. The lowest BCUT2D eigenvalue weighted by molar-refractivity contribution is 0.0876. The van der Waals surface area contributed by atoms with Crippen LogP contribution in [0.5, 0.6) is 6.01 Å². The van der Waals surface area contributed by atoms with Crippen molar-refractivity contribution in [2.24, 2.45) is 0 Å². The molecule has 3 aromatic heterocycles. The molecular weight excluding hydrogens is 388 g/mol. The highest BCUT2D eigenvalue weighted by Crippen LogP contribution is 2.26. The molecule has 4 rings (SSSR count). The predicted molar refractivity (Wildman–Crippen MR) is 101 cm³/mol. The monoisotopic (exact) mass is 404 g/mol. The number of ether oxygens (including phenoxy) is 1. The topological polar surface area (TPSA) is 90.1 Å². The second kappa shape index (κ2) is 8.06. The van der Waals surface area contributed by atoms with Crippen LogP contribution in [0, 0.1) is 0 Å². The molecule has 1 amide bonds. The van der Waals surface area contributed by atoms with E-state index >= 15 is 0 Å². The Bertz CT molecular complexity index is 890. The van der Waals surface area contributed by atoms with Crippen LogP contribution in [0.2, 0.25) is 5.02 Å². The number of halogens is 1. The SMILES string of the molecule is O=C(NC1CCC(Oc2ncc(Cl)cn2)CC1)c1cc(-c2cccs2)on1. The molecular formula is C18H17ClN4O3S. The first-order chi connectivity index (χ1) is 13.2. The van der Waals surface area contributed by atoms with Crippen molar-refractivity contribution < 1.29 is 14.1 Å². The third-order valence-electron chi connectivity index (χ3n) is 4.38. The van der Waals surface area contributed by atoms with Gasteiger partial charge < -0.3 is 14.6 Å². The van der Waals surface area contributed by atoms with E-state index < -0.39 is 0 Å². The third-order valence-corrected chi connectivity index (χ3v) is 5.46. The van der Waals surface area contributed by atoms with Crippen LogP contribution < -0.4 is 10.1 Å². The first-order valence-corrected chi connectivity index (χ1v) is 9.89. The van der Waals surface area contributed by atoms with Crippen molar-refractivity contribution in [1.29, 1.82) is 0 Å². The Kier molecular flexibility index (Phi) is 5.35. The molecule has 1 aliphatic rings. The Labute approximate surface area is 164 Å². The van der Waals surface area contributed by atoms with E-state index in [1.54, 1.807) is 17.4 Å². The van der Waals surface area contributed by atoms with Gasteiger partial charge in [-0.05, 0) is 37.1 Å². The summed E-state index contributed by atoms with van der Waals surface area (Å²) in [5, 5.41) is 9.33. The zero-order valence-corrected chi connectivity index (χ0v) is 15.9. The maximum Gasteiger partial charge on any atom is 0.316 e. The van der Waals surface area contributed by atoms with Gasteiger partial charge >= 0.3 is 6.01 Å². The van der Waals surface area contributed by atoms with Crippen molar-refractivity contribution >= 4 is 28.8 Å². The molecule has 0 bridgehead atoms. The molecule has 0 saturated heterocycles. The number of amides is 1. The number of aromatic nitrogens is 3. The summed E-state index contributed by atoms with van der Waals surface area (Å²) in [6.45, 7) is 0. The van der Waals surface area contributed by atoms with Gasteiger partial charge in [0.2, 0.25) is 0 Å². The molecule has 0 unspecified atom stereocenters. The Morgan fingerprint density at radius 2 is 2.04 bits per heavy atom. The number of rotatable bonds is 5. The summed E-state index contributed by atoms with van der Waals surface area (Å²) in [6.07, 6.45) is 6.33. The second-order valence-electron chi connectivity index (χ2n) is 6.30. The minimum atomic E-state index is -0.216. The van der Waals surface area contributed by atoms with Crippen molar-refractivity contribution in [3.8, 4) is 16.6 Å². The number of carbonyl (C=O) groups excluding carboxylic acids is 1. The maximum atomic E-state index is 12.4. The van der Waals surface area contributed by atoms with E-state index in [4.69, 9.17) is 20.9 Å². The van der Waals surface area contributed by atoms with Gasteiger partial charge in [0.25, 0.3) is 5.91 Å². The van der Waals surface area contributed by atoms with Gasteiger partial charge in [0.05, 0.1) is 22.3 Å². The molecule has 1 fully saturated rings. The van der Waals surface area contributed by atoms with Gasteiger partial charge in [-0.15, -0.1) is 11.3 Å². The molecule has 7 nitrogen and oxygen atoms in total. The van der Waals surface area contributed by atoms with Crippen molar-refractivity contribution in [1.82, 2.24) is 20.4 Å². The van der Waals surface area contributed by atoms with Crippen molar-refractivity contribution in [3.63, 3.8) is 0 Å². The summed E-state index contributed by atoms with van der Waals surface area (Å²) in [4.78, 5) is 21.5. The van der Waals surface area contributed by atoms with Crippen molar-refractivity contribution in [3.05, 3.63) is 46.7 Å². The lowest BCUT2D eigenvalue weighted by Crippen LogP contribution is -2.39. The zero-order valence-electron chi connectivity index (χ0n) is 14.3. The van der Waals surface area contributed by atoms with Crippen LogP contribution >= 0.6 is 22.9 Å². The molecule has 0 aromatic carbocycles. The minimum absolute atomic E-state index is 0.0387. The molecule has 9 heteroatoms. The Morgan fingerprint density at radius 3 is 2.74 bits per heavy atom. The number of nitrogens with one attached hydrogen (secondary N) is 1. The fourth-order valence-electron chi connectivity index (χ4n) is 3.01. The summed E-state index contributed by atoms with van der Waals surface area (Å²) in [6, 6.07) is 5.95. The first-order valence-electron chi connectivity index (χ1n) is 8.63. The smallest absolute Gasteiger partial charge is 0.316 e. The summed E-state index contributed by atoms with van der Waals surface area (Å²) in [5.41, 5.74) is 0.298. The molecule has 0 aliphatic heterocycles. The highest BCUT2D eigenvalue weighted by Gasteiger charge is 2.25. The number of nitrogens with zero attached hydrogens (tertiary/aromatic N) is 3. The minimum Gasteiger partial charge on any atom is -0.460 e. The molecule has 0 radical (unpaired) electrons. The summed E-state index contributed by atoms with van der Waals surface area (Å²) in [5.74, 6) is 0.391. The van der Waals surface area contributed by atoms with Gasteiger partial charge in [-0.25, -0.2) is 9.97 Å².